The average Bonchev–Trinajstić information content (AvgIpc) is 2.81. The molecule has 0 saturated heterocycles. The summed E-state index contributed by atoms with van der Waals surface area (Å²) >= 11 is 0. The zero-order valence-corrected chi connectivity index (χ0v) is 14.2. The first kappa shape index (κ1) is 18.6. The predicted octanol–water partition coefficient (Wildman–Crippen LogP) is 4.26. The zero-order chi connectivity index (χ0) is 18.8. The van der Waals surface area contributed by atoms with Crippen LogP contribution in [0.5, 0.6) is 5.75 Å². The van der Waals surface area contributed by atoms with Gasteiger partial charge in [0, 0.05) is 24.2 Å². The largest absolute Gasteiger partial charge is 0.573 e. The first-order valence-electron chi connectivity index (χ1n) is 7.42. The van der Waals surface area contributed by atoms with Gasteiger partial charge in [0.1, 0.15) is 11.6 Å². The van der Waals surface area contributed by atoms with E-state index in [1.165, 1.54) is 12.1 Å². The number of ether oxygens (including phenoxy) is 1. The summed E-state index contributed by atoms with van der Waals surface area (Å²) in [5, 5.41) is 9.51. The Balaban J connectivity index is 2.00. The molecule has 0 saturated carbocycles. The molecular formula is C16H19F3N4O2. The van der Waals surface area contributed by atoms with Crippen molar-refractivity contribution in [3.05, 3.63) is 36.0 Å². The molecule has 2 N–H and O–H groups in total. The summed E-state index contributed by atoms with van der Waals surface area (Å²) in [5.41, 5.74) is 0.979. The third-order valence-electron chi connectivity index (χ3n) is 3.24. The molecule has 0 fully saturated rings. The molecule has 1 aromatic heterocycles. The van der Waals surface area contributed by atoms with Crippen molar-refractivity contribution in [2.75, 3.05) is 10.6 Å². The van der Waals surface area contributed by atoms with Crippen molar-refractivity contribution in [1.82, 2.24) is 9.78 Å². The van der Waals surface area contributed by atoms with Crippen molar-refractivity contribution in [1.29, 1.82) is 0 Å². The highest BCUT2D eigenvalue weighted by Gasteiger charge is 2.31. The van der Waals surface area contributed by atoms with Gasteiger partial charge in [0.2, 0.25) is 0 Å². The molecule has 1 aromatic carbocycles. The lowest BCUT2D eigenvalue weighted by atomic mass is 9.92. The number of amides is 2. The maximum atomic E-state index is 12.1. The Morgan fingerprint density at radius 2 is 1.72 bits per heavy atom. The van der Waals surface area contributed by atoms with E-state index in [9.17, 15) is 18.0 Å². The molecule has 0 unspecified atom stereocenters. The van der Waals surface area contributed by atoms with Gasteiger partial charge in [-0.2, -0.15) is 5.10 Å². The molecule has 6 nitrogen and oxygen atoms in total. The number of hydrogen-bond acceptors (Lipinski definition) is 3. The Bertz CT molecular complexity index is 746. The Kier molecular flexibility index (Phi) is 4.96. The molecule has 1 heterocycles. The normalized spacial score (nSPS) is 12.0. The van der Waals surface area contributed by atoms with E-state index < -0.39 is 12.4 Å². The van der Waals surface area contributed by atoms with E-state index >= 15 is 0 Å². The van der Waals surface area contributed by atoms with Gasteiger partial charge in [-0.3, -0.25) is 10.00 Å². The number of halogens is 3. The molecule has 0 aliphatic heterocycles. The van der Waals surface area contributed by atoms with Crippen molar-refractivity contribution in [3.8, 4) is 5.75 Å². The molecule has 0 spiro atoms. The van der Waals surface area contributed by atoms with Gasteiger partial charge in [-0.05, 0) is 24.3 Å². The van der Waals surface area contributed by atoms with Gasteiger partial charge in [-0.15, -0.1) is 13.2 Å². The maximum Gasteiger partial charge on any atom is 0.573 e. The number of carbonyl (C=O) groups excluding carboxylic acids is 1. The fourth-order valence-electron chi connectivity index (χ4n) is 1.97. The van der Waals surface area contributed by atoms with Crippen LogP contribution in [0.4, 0.5) is 29.5 Å². The van der Waals surface area contributed by atoms with Crippen LogP contribution in [0.15, 0.2) is 30.3 Å². The van der Waals surface area contributed by atoms with E-state index in [1.54, 1.807) is 17.8 Å². The molecular weight excluding hydrogens is 337 g/mol. The molecule has 0 bridgehead atoms. The third-order valence-corrected chi connectivity index (χ3v) is 3.24. The zero-order valence-electron chi connectivity index (χ0n) is 14.2. The number of aryl methyl sites for hydroxylation is 1. The molecule has 2 aromatic rings. The number of anilines is 2. The van der Waals surface area contributed by atoms with Crippen LogP contribution >= 0.6 is 0 Å². The summed E-state index contributed by atoms with van der Waals surface area (Å²) in [5.74, 6) is 0.138. The molecule has 0 atom stereocenters. The van der Waals surface area contributed by atoms with Crippen LogP contribution in [-0.4, -0.2) is 22.2 Å². The standard InChI is InChI=1S/C16H19F3N4O2/c1-15(2,3)12-9-13(23(4)22-12)21-14(24)20-10-5-7-11(8-6-10)25-16(17,18)19/h5-9H,1-4H3,(H2,20,21,24). The fraction of sp³-hybridized carbons (Fsp3) is 0.375. The molecule has 0 radical (unpaired) electrons. The number of hydrogen-bond donors (Lipinski definition) is 2. The molecule has 136 valence electrons. The van der Waals surface area contributed by atoms with Gasteiger partial charge < -0.3 is 10.1 Å². The maximum absolute atomic E-state index is 12.1. The number of urea groups is 1. The van der Waals surface area contributed by atoms with E-state index in [0.717, 1.165) is 17.8 Å². The van der Waals surface area contributed by atoms with Crippen molar-refractivity contribution in [3.63, 3.8) is 0 Å². The monoisotopic (exact) mass is 356 g/mol. The quantitative estimate of drug-likeness (QED) is 0.863. The fourth-order valence-corrected chi connectivity index (χ4v) is 1.97. The molecule has 9 heteroatoms. The SMILES string of the molecule is Cn1nc(C(C)(C)C)cc1NC(=O)Nc1ccc(OC(F)(F)F)cc1. The molecule has 0 aliphatic carbocycles. The van der Waals surface area contributed by atoms with Crippen molar-refractivity contribution >= 4 is 17.5 Å². The lowest BCUT2D eigenvalue weighted by Crippen LogP contribution is -2.21. The number of aromatic nitrogens is 2. The number of nitrogens with zero attached hydrogens (tertiary/aromatic N) is 2. The summed E-state index contributed by atoms with van der Waals surface area (Å²) in [6.45, 7) is 6.01. The van der Waals surface area contributed by atoms with E-state index in [4.69, 9.17) is 0 Å². The summed E-state index contributed by atoms with van der Waals surface area (Å²) in [6, 6.07) is 6.08. The summed E-state index contributed by atoms with van der Waals surface area (Å²) < 4.78 is 41.6. The second kappa shape index (κ2) is 6.66. The highest BCUT2D eigenvalue weighted by Crippen LogP contribution is 2.25. The number of benzene rings is 1. The van der Waals surface area contributed by atoms with E-state index in [-0.39, 0.29) is 11.2 Å². The van der Waals surface area contributed by atoms with Gasteiger partial charge in [0.25, 0.3) is 0 Å². The van der Waals surface area contributed by atoms with Crippen LogP contribution in [0.1, 0.15) is 26.5 Å². The highest BCUT2D eigenvalue weighted by molar-refractivity contribution is 5.99. The topological polar surface area (TPSA) is 68.2 Å². The number of nitrogens with one attached hydrogen (secondary N) is 2. The molecule has 2 rings (SSSR count). The minimum absolute atomic E-state index is 0.164. The van der Waals surface area contributed by atoms with E-state index in [1.807, 2.05) is 20.8 Å². The van der Waals surface area contributed by atoms with Crippen LogP contribution in [-0.2, 0) is 12.5 Å². The second-order valence-electron chi connectivity index (χ2n) is 6.44. The highest BCUT2D eigenvalue weighted by atomic mass is 19.4. The Morgan fingerprint density at radius 3 is 2.20 bits per heavy atom. The van der Waals surface area contributed by atoms with Crippen LogP contribution in [0.2, 0.25) is 0 Å². The third kappa shape index (κ3) is 5.40. The van der Waals surface area contributed by atoms with Crippen molar-refractivity contribution in [2.45, 2.75) is 32.5 Å². The number of carbonyl (C=O) groups is 1. The first-order valence-corrected chi connectivity index (χ1v) is 7.42. The van der Waals surface area contributed by atoms with Gasteiger partial charge in [-0.1, -0.05) is 20.8 Å². The molecule has 2 amide bonds. The van der Waals surface area contributed by atoms with Crippen molar-refractivity contribution in [2.24, 2.45) is 7.05 Å². The summed E-state index contributed by atoms with van der Waals surface area (Å²) in [7, 11) is 1.70. The van der Waals surface area contributed by atoms with Crippen molar-refractivity contribution < 1.29 is 22.7 Å². The average molecular weight is 356 g/mol. The second-order valence-corrected chi connectivity index (χ2v) is 6.44. The Hall–Kier alpha value is -2.71. The van der Waals surface area contributed by atoms with Gasteiger partial charge in [0.15, 0.2) is 0 Å². The van der Waals surface area contributed by atoms with Crippen LogP contribution in [0.25, 0.3) is 0 Å². The van der Waals surface area contributed by atoms with Crippen LogP contribution in [0, 0.1) is 0 Å². The Labute approximate surface area is 143 Å². The van der Waals surface area contributed by atoms with Crippen LogP contribution < -0.4 is 15.4 Å². The van der Waals surface area contributed by atoms with E-state index in [0.29, 0.717) is 11.5 Å². The van der Waals surface area contributed by atoms with Gasteiger partial charge in [0.05, 0.1) is 5.69 Å². The predicted molar refractivity (Wildman–Crippen MR) is 87.7 cm³/mol. The molecule has 25 heavy (non-hydrogen) atoms. The smallest absolute Gasteiger partial charge is 0.406 e. The lowest BCUT2D eigenvalue weighted by Gasteiger charge is -2.13. The number of rotatable bonds is 3. The van der Waals surface area contributed by atoms with E-state index in [2.05, 4.69) is 20.5 Å². The molecule has 0 aliphatic rings. The number of alkyl halides is 3. The lowest BCUT2D eigenvalue weighted by molar-refractivity contribution is -0.274. The van der Waals surface area contributed by atoms with Gasteiger partial charge in [-0.25, -0.2) is 4.79 Å². The van der Waals surface area contributed by atoms with Crippen LogP contribution in [0.3, 0.4) is 0 Å². The summed E-state index contributed by atoms with van der Waals surface area (Å²) in [4.78, 5) is 12.0. The van der Waals surface area contributed by atoms with Gasteiger partial charge >= 0.3 is 12.4 Å². The summed E-state index contributed by atoms with van der Waals surface area (Å²) in [6.07, 6.45) is -4.75. The first-order chi connectivity index (χ1) is 11.4. The Morgan fingerprint density at radius 1 is 1.12 bits per heavy atom. The minimum atomic E-state index is -4.75. The minimum Gasteiger partial charge on any atom is -0.406 e.